The van der Waals surface area contributed by atoms with Gasteiger partial charge in [0, 0.05) is 12.1 Å². The molecular formula is C15H23N3O2. The van der Waals surface area contributed by atoms with Crippen molar-refractivity contribution in [1.82, 2.24) is 4.90 Å². The highest BCUT2D eigenvalue weighted by Crippen LogP contribution is 2.22. The van der Waals surface area contributed by atoms with Gasteiger partial charge in [-0.25, -0.2) is 0 Å². The number of oxime groups is 1. The van der Waals surface area contributed by atoms with Crippen LogP contribution in [0.4, 0.5) is 0 Å². The Bertz CT molecular complexity index is 487. The van der Waals surface area contributed by atoms with Crippen molar-refractivity contribution in [2.75, 3.05) is 13.1 Å². The number of nitrogens with two attached hydrogens (primary N) is 1. The Hall–Kier alpha value is -2.04. The zero-order valence-corrected chi connectivity index (χ0v) is 12.6. The molecule has 5 heteroatoms. The van der Waals surface area contributed by atoms with Gasteiger partial charge in [-0.2, -0.15) is 0 Å². The number of amides is 1. The fourth-order valence-corrected chi connectivity index (χ4v) is 1.85. The molecule has 1 amide bonds. The fraction of sp³-hybridized carbons (Fsp3) is 0.467. The zero-order valence-electron chi connectivity index (χ0n) is 12.6. The van der Waals surface area contributed by atoms with Crippen LogP contribution in [0.3, 0.4) is 0 Å². The lowest BCUT2D eigenvalue weighted by Crippen LogP contribution is -2.38. The van der Waals surface area contributed by atoms with Crippen LogP contribution in [0, 0.1) is 0 Å². The van der Waals surface area contributed by atoms with Gasteiger partial charge in [0.2, 0.25) is 0 Å². The lowest BCUT2D eigenvalue weighted by Gasteiger charge is -2.22. The molecule has 5 nitrogen and oxygen atoms in total. The molecule has 1 aromatic carbocycles. The first-order valence-electron chi connectivity index (χ1n) is 6.65. The average Bonchev–Trinajstić information content (AvgIpc) is 2.42. The molecule has 0 saturated carbocycles. The van der Waals surface area contributed by atoms with Gasteiger partial charge in [0.25, 0.3) is 5.91 Å². The molecule has 0 bridgehead atoms. The Balaban J connectivity index is 2.91. The maximum atomic E-state index is 12.3. The zero-order chi connectivity index (χ0) is 15.3. The molecule has 20 heavy (non-hydrogen) atoms. The van der Waals surface area contributed by atoms with Crippen molar-refractivity contribution in [2.24, 2.45) is 10.9 Å². The number of hydrogen-bond acceptors (Lipinski definition) is 3. The van der Waals surface area contributed by atoms with E-state index in [1.165, 1.54) is 10.5 Å². The van der Waals surface area contributed by atoms with Gasteiger partial charge in [-0.15, -0.1) is 0 Å². The van der Waals surface area contributed by atoms with Gasteiger partial charge in [-0.05, 0) is 30.0 Å². The number of amidine groups is 1. The van der Waals surface area contributed by atoms with Crippen LogP contribution >= 0.6 is 0 Å². The second-order valence-corrected chi connectivity index (χ2v) is 5.74. The molecule has 1 aromatic rings. The predicted molar refractivity (Wildman–Crippen MR) is 80.1 cm³/mol. The van der Waals surface area contributed by atoms with Crippen molar-refractivity contribution in [3.05, 3.63) is 35.4 Å². The molecule has 3 N–H and O–H groups in total. The molecular weight excluding hydrogens is 254 g/mol. The van der Waals surface area contributed by atoms with E-state index in [9.17, 15) is 4.79 Å². The van der Waals surface area contributed by atoms with Crippen LogP contribution in [-0.4, -0.2) is 34.9 Å². The summed E-state index contributed by atoms with van der Waals surface area (Å²) < 4.78 is 0. The first-order valence-corrected chi connectivity index (χ1v) is 6.65. The first-order chi connectivity index (χ1) is 9.29. The Kier molecular flexibility index (Phi) is 5.13. The van der Waals surface area contributed by atoms with E-state index in [1.807, 2.05) is 31.2 Å². The van der Waals surface area contributed by atoms with Gasteiger partial charge in [0.05, 0.1) is 6.54 Å². The summed E-state index contributed by atoms with van der Waals surface area (Å²) in [5.41, 5.74) is 7.29. The number of benzene rings is 1. The van der Waals surface area contributed by atoms with Gasteiger partial charge in [0.15, 0.2) is 5.84 Å². The fourth-order valence-electron chi connectivity index (χ4n) is 1.85. The molecule has 0 radical (unpaired) electrons. The number of rotatable bonds is 4. The molecule has 0 aliphatic carbocycles. The Labute approximate surface area is 120 Å². The van der Waals surface area contributed by atoms with E-state index in [0.717, 1.165) is 0 Å². The van der Waals surface area contributed by atoms with E-state index in [2.05, 4.69) is 25.9 Å². The van der Waals surface area contributed by atoms with Crippen molar-refractivity contribution in [2.45, 2.75) is 33.1 Å². The highest BCUT2D eigenvalue weighted by atomic mass is 16.4. The third-order valence-corrected chi connectivity index (χ3v) is 3.15. The van der Waals surface area contributed by atoms with Gasteiger partial charge in [0.1, 0.15) is 0 Å². The maximum Gasteiger partial charge on any atom is 0.254 e. The normalized spacial score (nSPS) is 12.3. The number of carbonyl (C=O) groups excluding carboxylic acids is 1. The van der Waals surface area contributed by atoms with Crippen molar-refractivity contribution >= 4 is 11.7 Å². The molecule has 0 fully saturated rings. The Morgan fingerprint density at radius 1 is 1.30 bits per heavy atom. The Morgan fingerprint density at radius 3 is 2.25 bits per heavy atom. The summed E-state index contributed by atoms with van der Waals surface area (Å²) in [6, 6.07) is 7.56. The van der Waals surface area contributed by atoms with E-state index < -0.39 is 0 Å². The van der Waals surface area contributed by atoms with Gasteiger partial charge in [-0.1, -0.05) is 38.1 Å². The molecule has 0 saturated heterocycles. The molecule has 0 aliphatic heterocycles. The molecule has 0 aliphatic rings. The van der Waals surface area contributed by atoms with Crippen molar-refractivity contribution in [3.63, 3.8) is 0 Å². The number of nitrogens with zero attached hydrogens (tertiary/aromatic N) is 2. The van der Waals surface area contributed by atoms with Crippen LogP contribution in [0.5, 0.6) is 0 Å². The summed E-state index contributed by atoms with van der Waals surface area (Å²) in [4.78, 5) is 13.9. The van der Waals surface area contributed by atoms with Crippen molar-refractivity contribution in [1.29, 1.82) is 0 Å². The minimum absolute atomic E-state index is 0.0199. The van der Waals surface area contributed by atoms with Crippen LogP contribution in [0.2, 0.25) is 0 Å². The SMILES string of the molecule is CCN(CC(N)=NO)C(=O)c1ccc(C(C)(C)C)cc1. The van der Waals surface area contributed by atoms with E-state index in [-0.39, 0.29) is 23.7 Å². The summed E-state index contributed by atoms with van der Waals surface area (Å²) in [7, 11) is 0. The van der Waals surface area contributed by atoms with E-state index in [4.69, 9.17) is 10.9 Å². The van der Waals surface area contributed by atoms with Crippen LogP contribution in [-0.2, 0) is 5.41 Å². The monoisotopic (exact) mass is 277 g/mol. The predicted octanol–water partition coefficient (Wildman–Crippen LogP) is 2.19. The molecule has 0 spiro atoms. The van der Waals surface area contributed by atoms with E-state index in [0.29, 0.717) is 12.1 Å². The second-order valence-electron chi connectivity index (χ2n) is 5.74. The van der Waals surface area contributed by atoms with Gasteiger partial charge >= 0.3 is 0 Å². The molecule has 0 aromatic heterocycles. The Morgan fingerprint density at radius 2 is 1.85 bits per heavy atom. The quantitative estimate of drug-likeness (QED) is 0.383. The molecule has 110 valence electrons. The van der Waals surface area contributed by atoms with E-state index >= 15 is 0 Å². The van der Waals surface area contributed by atoms with Gasteiger partial charge < -0.3 is 15.8 Å². The molecule has 0 heterocycles. The minimum atomic E-state index is -0.125. The van der Waals surface area contributed by atoms with Crippen molar-refractivity contribution in [3.8, 4) is 0 Å². The number of hydrogen-bond donors (Lipinski definition) is 2. The third-order valence-electron chi connectivity index (χ3n) is 3.15. The highest BCUT2D eigenvalue weighted by molar-refractivity contribution is 5.97. The summed E-state index contributed by atoms with van der Waals surface area (Å²) >= 11 is 0. The summed E-state index contributed by atoms with van der Waals surface area (Å²) in [5, 5.41) is 11.5. The average molecular weight is 277 g/mol. The van der Waals surface area contributed by atoms with Crippen LogP contribution in [0.25, 0.3) is 0 Å². The van der Waals surface area contributed by atoms with Crippen molar-refractivity contribution < 1.29 is 10.0 Å². The lowest BCUT2D eigenvalue weighted by atomic mass is 9.86. The third kappa shape index (κ3) is 3.98. The second kappa shape index (κ2) is 6.41. The topological polar surface area (TPSA) is 78.9 Å². The lowest BCUT2D eigenvalue weighted by molar-refractivity contribution is 0.0786. The summed E-state index contributed by atoms with van der Waals surface area (Å²) in [6.07, 6.45) is 0. The van der Waals surface area contributed by atoms with Gasteiger partial charge in [-0.3, -0.25) is 4.79 Å². The molecule has 0 atom stereocenters. The molecule has 1 rings (SSSR count). The largest absolute Gasteiger partial charge is 0.409 e. The maximum absolute atomic E-state index is 12.3. The van der Waals surface area contributed by atoms with E-state index in [1.54, 1.807) is 0 Å². The first kappa shape index (κ1) is 16.0. The highest BCUT2D eigenvalue weighted by Gasteiger charge is 2.17. The van der Waals surface area contributed by atoms with Crippen LogP contribution in [0.1, 0.15) is 43.6 Å². The number of likely N-dealkylation sites (N-methyl/N-ethyl adjacent to an activating group) is 1. The standard InChI is InChI=1S/C15H23N3O2/c1-5-18(10-13(16)17-20)14(19)11-6-8-12(9-7-11)15(2,3)4/h6-9,20H,5,10H2,1-4H3,(H2,16,17). The van der Waals surface area contributed by atoms with Crippen LogP contribution < -0.4 is 5.73 Å². The van der Waals surface area contributed by atoms with Crippen LogP contribution in [0.15, 0.2) is 29.4 Å². The minimum Gasteiger partial charge on any atom is -0.409 e. The molecule has 0 unspecified atom stereocenters. The number of carbonyl (C=O) groups is 1. The summed E-state index contributed by atoms with van der Waals surface area (Å²) in [6.45, 7) is 8.84. The smallest absolute Gasteiger partial charge is 0.254 e. The summed E-state index contributed by atoms with van der Waals surface area (Å²) in [5.74, 6) is -0.105.